The number of aromatic nitrogens is 1. The van der Waals surface area contributed by atoms with Crippen LogP contribution in [0.4, 0.5) is 10.6 Å². The van der Waals surface area contributed by atoms with Crippen molar-refractivity contribution >= 4 is 11.9 Å². The van der Waals surface area contributed by atoms with Gasteiger partial charge in [0.25, 0.3) is 0 Å². The lowest BCUT2D eigenvalue weighted by atomic mass is 10.2. The summed E-state index contributed by atoms with van der Waals surface area (Å²) in [7, 11) is 0. The van der Waals surface area contributed by atoms with Crippen LogP contribution in [0, 0.1) is 11.3 Å². The zero-order chi connectivity index (χ0) is 13.4. The molecule has 1 aromatic heterocycles. The number of piperazine rings is 1. The number of nitrogens with zero attached hydrogens (tertiary/aromatic N) is 4. The summed E-state index contributed by atoms with van der Waals surface area (Å²) in [6.07, 6.45) is 2.58. The van der Waals surface area contributed by atoms with Gasteiger partial charge < -0.3 is 10.0 Å². The molecule has 6 heteroatoms. The van der Waals surface area contributed by atoms with Crippen molar-refractivity contribution in [2.75, 3.05) is 18.0 Å². The Bertz CT molecular complexity index is 523. The number of rotatable bonds is 1. The number of anilines is 1. The number of nitriles is 1. The highest BCUT2D eigenvalue weighted by Crippen LogP contribution is 2.31. The lowest BCUT2D eigenvalue weighted by Gasteiger charge is -2.40. The van der Waals surface area contributed by atoms with Crippen LogP contribution < -0.4 is 4.90 Å². The Kier molecular flexibility index (Phi) is 2.75. The lowest BCUT2D eigenvalue weighted by Crippen LogP contribution is -2.55. The Hall–Kier alpha value is -2.29. The highest BCUT2D eigenvalue weighted by Gasteiger charge is 2.42. The number of amides is 1. The first-order valence-corrected chi connectivity index (χ1v) is 6.31. The van der Waals surface area contributed by atoms with Gasteiger partial charge in [-0.05, 0) is 25.0 Å². The minimum atomic E-state index is -0.820. The number of pyridine rings is 1. The number of hydrogen-bond acceptors (Lipinski definition) is 4. The van der Waals surface area contributed by atoms with Gasteiger partial charge in [0.15, 0.2) is 0 Å². The molecule has 2 unspecified atom stereocenters. The van der Waals surface area contributed by atoms with Gasteiger partial charge in [-0.25, -0.2) is 9.78 Å². The first-order valence-electron chi connectivity index (χ1n) is 6.31. The predicted octanol–water partition coefficient (Wildman–Crippen LogP) is 1.28. The largest absolute Gasteiger partial charge is 0.465 e. The average Bonchev–Trinajstić information content (AvgIpc) is 2.70. The van der Waals surface area contributed by atoms with Crippen LogP contribution in [-0.4, -0.2) is 46.3 Å². The SMILES string of the molecule is N#Cc1ccc(N2CC3CCC(C2)N3C(=O)O)nc1. The van der Waals surface area contributed by atoms with E-state index in [1.165, 1.54) is 0 Å². The fourth-order valence-corrected chi connectivity index (χ4v) is 3.04. The van der Waals surface area contributed by atoms with E-state index in [1.54, 1.807) is 17.2 Å². The van der Waals surface area contributed by atoms with Gasteiger partial charge in [-0.3, -0.25) is 4.90 Å². The van der Waals surface area contributed by atoms with Gasteiger partial charge in [0, 0.05) is 19.3 Å². The molecule has 19 heavy (non-hydrogen) atoms. The molecule has 0 radical (unpaired) electrons. The molecule has 2 fully saturated rings. The molecular weight excluding hydrogens is 244 g/mol. The molecule has 1 aromatic rings. The number of hydrogen-bond donors (Lipinski definition) is 1. The second-order valence-corrected chi connectivity index (χ2v) is 5.00. The highest BCUT2D eigenvalue weighted by molar-refractivity contribution is 5.67. The molecular formula is C13H14N4O2. The van der Waals surface area contributed by atoms with Crippen molar-refractivity contribution in [2.45, 2.75) is 24.9 Å². The molecule has 1 amide bonds. The molecule has 0 aromatic carbocycles. The van der Waals surface area contributed by atoms with Crippen LogP contribution in [0.5, 0.6) is 0 Å². The molecule has 2 bridgehead atoms. The normalized spacial score (nSPS) is 25.2. The second-order valence-electron chi connectivity index (χ2n) is 5.00. The highest BCUT2D eigenvalue weighted by atomic mass is 16.4. The third-order valence-electron chi connectivity index (χ3n) is 3.90. The Balaban J connectivity index is 1.79. The summed E-state index contributed by atoms with van der Waals surface area (Å²) in [5.41, 5.74) is 0.538. The van der Waals surface area contributed by atoms with Gasteiger partial charge >= 0.3 is 6.09 Å². The fourth-order valence-electron chi connectivity index (χ4n) is 3.04. The van der Waals surface area contributed by atoms with E-state index in [0.717, 1.165) is 18.7 Å². The van der Waals surface area contributed by atoms with Gasteiger partial charge in [-0.15, -0.1) is 0 Å². The summed E-state index contributed by atoms with van der Waals surface area (Å²) in [4.78, 5) is 19.2. The summed E-state index contributed by atoms with van der Waals surface area (Å²) < 4.78 is 0. The molecule has 3 heterocycles. The third-order valence-corrected chi connectivity index (χ3v) is 3.90. The molecule has 3 rings (SSSR count). The van der Waals surface area contributed by atoms with E-state index in [0.29, 0.717) is 18.7 Å². The Labute approximate surface area is 110 Å². The van der Waals surface area contributed by atoms with Crippen molar-refractivity contribution in [3.63, 3.8) is 0 Å². The summed E-state index contributed by atoms with van der Waals surface area (Å²) in [5, 5.41) is 18.0. The molecule has 2 aliphatic heterocycles. The molecule has 6 nitrogen and oxygen atoms in total. The molecule has 0 aliphatic carbocycles. The zero-order valence-corrected chi connectivity index (χ0v) is 10.4. The van der Waals surface area contributed by atoms with Crippen LogP contribution >= 0.6 is 0 Å². The van der Waals surface area contributed by atoms with E-state index in [4.69, 9.17) is 5.26 Å². The second kappa shape index (κ2) is 4.43. The Morgan fingerprint density at radius 1 is 1.37 bits per heavy atom. The van der Waals surface area contributed by atoms with Crippen LogP contribution in [0.15, 0.2) is 18.3 Å². The smallest absolute Gasteiger partial charge is 0.407 e. The number of fused-ring (bicyclic) bond motifs is 2. The Morgan fingerprint density at radius 2 is 2.05 bits per heavy atom. The average molecular weight is 258 g/mol. The van der Waals surface area contributed by atoms with Crippen molar-refractivity contribution in [3.8, 4) is 6.07 Å². The third kappa shape index (κ3) is 1.97. The molecule has 2 saturated heterocycles. The van der Waals surface area contributed by atoms with Crippen molar-refractivity contribution in [1.29, 1.82) is 5.26 Å². The molecule has 0 saturated carbocycles. The maximum atomic E-state index is 11.2. The zero-order valence-electron chi connectivity index (χ0n) is 10.4. The van der Waals surface area contributed by atoms with Crippen LogP contribution in [0.1, 0.15) is 18.4 Å². The standard InChI is InChI=1S/C13H14N4O2/c14-5-9-1-4-12(15-6-9)16-7-10-2-3-11(8-16)17(10)13(18)19/h1,4,6,10-11H,2-3,7-8H2,(H,18,19). The molecule has 2 atom stereocenters. The van der Waals surface area contributed by atoms with Crippen molar-refractivity contribution in [1.82, 2.24) is 9.88 Å². The lowest BCUT2D eigenvalue weighted by molar-refractivity contribution is 0.114. The topological polar surface area (TPSA) is 80.5 Å². The van der Waals surface area contributed by atoms with Crippen molar-refractivity contribution in [3.05, 3.63) is 23.9 Å². The quantitative estimate of drug-likeness (QED) is 0.820. The van der Waals surface area contributed by atoms with Gasteiger partial charge in [0.05, 0.1) is 17.6 Å². The van der Waals surface area contributed by atoms with Gasteiger partial charge in [-0.1, -0.05) is 0 Å². The van der Waals surface area contributed by atoms with Crippen LogP contribution in [0.3, 0.4) is 0 Å². The number of carbonyl (C=O) groups is 1. The Morgan fingerprint density at radius 3 is 2.53 bits per heavy atom. The molecule has 0 spiro atoms. The predicted molar refractivity (Wildman–Crippen MR) is 67.8 cm³/mol. The maximum absolute atomic E-state index is 11.2. The van der Waals surface area contributed by atoms with Crippen molar-refractivity contribution in [2.24, 2.45) is 0 Å². The van der Waals surface area contributed by atoms with Crippen LogP contribution in [-0.2, 0) is 0 Å². The van der Waals surface area contributed by atoms with Crippen LogP contribution in [0.2, 0.25) is 0 Å². The summed E-state index contributed by atoms with van der Waals surface area (Å²) in [5.74, 6) is 0.820. The van der Waals surface area contributed by atoms with Crippen LogP contribution in [0.25, 0.3) is 0 Å². The minimum absolute atomic E-state index is 0.0636. The summed E-state index contributed by atoms with van der Waals surface area (Å²) in [6.45, 7) is 1.36. The molecule has 98 valence electrons. The van der Waals surface area contributed by atoms with E-state index < -0.39 is 6.09 Å². The minimum Gasteiger partial charge on any atom is -0.465 e. The van der Waals surface area contributed by atoms with E-state index in [-0.39, 0.29) is 12.1 Å². The monoisotopic (exact) mass is 258 g/mol. The maximum Gasteiger partial charge on any atom is 0.407 e. The van der Waals surface area contributed by atoms with Gasteiger partial charge in [-0.2, -0.15) is 5.26 Å². The van der Waals surface area contributed by atoms with Gasteiger partial charge in [0.1, 0.15) is 11.9 Å². The summed E-state index contributed by atoms with van der Waals surface area (Å²) in [6, 6.07) is 5.74. The molecule has 2 aliphatic rings. The van der Waals surface area contributed by atoms with E-state index in [1.807, 2.05) is 12.1 Å². The summed E-state index contributed by atoms with van der Waals surface area (Å²) >= 11 is 0. The van der Waals surface area contributed by atoms with E-state index in [2.05, 4.69) is 9.88 Å². The first-order chi connectivity index (χ1) is 9.19. The van der Waals surface area contributed by atoms with E-state index in [9.17, 15) is 9.90 Å². The number of carboxylic acid groups (broad SMARTS) is 1. The fraction of sp³-hybridized carbons (Fsp3) is 0.462. The molecule has 1 N–H and O–H groups in total. The van der Waals surface area contributed by atoms with Gasteiger partial charge in [0.2, 0.25) is 0 Å². The first kappa shape index (κ1) is 11.8. The van der Waals surface area contributed by atoms with E-state index >= 15 is 0 Å². The van der Waals surface area contributed by atoms with Crippen molar-refractivity contribution < 1.29 is 9.90 Å².